The fraction of sp³-hybridized carbons (Fsp3) is 0.708. The van der Waals surface area contributed by atoms with Gasteiger partial charge in [-0.2, -0.15) is 0 Å². The van der Waals surface area contributed by atoms with Gasteiger partial charge in [-0.15, -0.1) is 11.6 Å². The number of hydrogen-bond donors (Lipinski definition) is 3. The second kappa shape index (κ2) is 15.4. The number of fused-ring (bicyclic) bond motifs is 1. The minimum atomic E-state index is -0.0552. The summed E-state index contributed by atoms with van der Waals surface area (Å²) in [6.45, 7) is 3.44. The number of methoxy groups -OCH3 is 1. The summed E-state index contributed by atoms with van der Waals surface area (Å²) >= 11 is 5.65. The number of amides is 2. The third-order valence-electron chi connectivity index (χ3n) is 5.89. The number of carbonyl (C=O) groups excluding carboxylic acids is 1. The monoisotopic (exact) mass is 437 g/mol. The SMILES string of the molecule is COc1cccc2c1CC(CCCNCCCNC(=O)NCCCCCCCl)CC2. The predicted molar refractivity (Wildman–Crippen MR) is 126 cm³/mol. The number of urea groups is 1. The Morgan fingerprint density at radius 2 is 1.80 bits per heavy atom. The van der Waals surface area contributed by atoms with Crippen molar-refractivity contribution < 1.29 is 9.53 Å². The fourth-order valence-corrected chi connectivity index (χ4v) is 4.35. The maximum atomic E-state index is 11.7. The molecule has 0 aliphatic heterocycles. The van der Waals surface area contributed by atoms with Crippen molar-refractivity contribution in [2.24, 2.45) is 5.92 Å². The van der Waals surface area contributed by atoms with Crippen molar-refractivity contribution >= 4 is 17.6 Å². The van der Waals surface area contributed by atoms with E-state index >= 15 is 0 Å². The lowest BCUT2D eigenvalue weighted by Crippen LogP contribution is -2.37. The standard InChI is InChI=1S/C24H40ClN3O2/c1-30-23-11-6-10-21-13-12-20(19-22(21)23)9-7-15-26-16-8-18-28-24(29)27-17-5-3-2-4-14-25/h6,10-11,20,26H,2-5,7-9,12-19H2,1H3,(H2,27,28,29). The average Bonchev–Trinajstić information content (AvgIpc) is 2.77. The van der Waals surface area contributed by atoms with Crippen LogP contribution in [0.5, 0.6) is 5.75 Å². The van der Waals surface area contributed by atoms with Gasteiger partial charge in [0.1, 0.15) is 5.75 Å². The van der Waals surface area contributed by atoms with Gasteiger partial charge in [0, 0.05) is 19.0 Å². The number of benzene rings is 1. The van der Waals surface area contributed by atoms with E-state index in [0.717, 1.165) is 75.7 Å². The van der Waals surface area contributed by atoms with Gasteiger partial charge in [-0.25, -0.2) is 4.79 Å². The van der Waals surface area contributed by atoms with Crippen molar-refractivity contribution in [1.82, 2.24) is 16.0 Å². The summed E-state index contributed by atoms with van der Waals surface area (Å²) in [4.78, 5) is 11.7. The molecule has 30 heavy (non-hydrogen) atoms. The Labute approximate surface area is 187 Å². The molecular weight excluding hydrogens is 398 g/mol. The number of halogens is 1. The molecule has 2 amide bonds. The fourth-order valence-electron chi connectivity index (χ4n) is 4.16. The van der Waals surface area contributed by atoms with Gasteiger partial charge in [-0.1, -0.05) is 25.0 Å². The highest BCUT2D eigenvalue weighted by atomic mass is 35.5. The summed E-state index contributed by atoms with van der Waals surface area (Å²) in [5.41, 5.74) is 2.88. The van der Waals surface area contributed by atoms with E-state index in [1.165, 1.54) is 36.8 Å². The minimum absolute atomic E-state index is 0.0552. The maximum Gasteiger partial charge on any atom is 0.314 e. The Morgan fingerprint density at radius 3 is 2.60 bits per heavy atom. The zero-order valence-electron chi connectivity index (χ0n) is 18.6. The van der Waals surface area contributed by atoms with Crippen LogP contribution in [0.15, 0.2) is 18.2 Å². The Kier molecular flexibility index (Phi) is 12.7. The highest BCUT2D eigenvalue weighted by molar-refractivity contribution is 6.17. The van der Waals surface area contributed by atoms with E-state index in [1.807, 2.05) is 0 Å². The third kappa shape index (κ3) is 9.57. The van der Waals surface area contributed by atoms with Crippen LogP contribution in [-0.2, 0) is 12.8 Å². The molecule has 1 atom stereocenters. The summed E-state index contributed by atoms with van der Waals surface area (Å²) < 4.78 is 5.55. The lowest BCUT2D eigenvalue weighted by atomic mass is 9.81. The molecule has 0 heterocycles. The van der Waals surface area contributed by atoms with Gasteiger partial charge in [-0.05, 0) is 87.6 Å². The largest absolute Gasteiger partial charge is 0.496 e. The number of alkyl halides is 1. The molecule has 0 radical (unpaired) electrons. The first-order chi connectivity index (χ1) is 14.7. The van der Waals surface area contributed by atoms with E-state index in [9.17, 15) is 4.79 Å². The quantitative estimate of drug-likeness (QED) is 0.276. The number of hydrogen-bond acceptors (Lipinski definition) is 3. The van der Waals surface area contributed by atoms with Gasteiger partial charge in [0.05, 0.1) is 7.11 Å². The van der Waals surface area contributed by atoms with Crippen LogP contribution in [0.25, 0.3) is 0 Å². The molecule has 3 N–H and O–H groups in total. The van der Waals surface area contributed by atoms with Crippen LogP contribution in [0.2, 0.25) is 0 Å². The Bertz CT molecular complexity index is 598. The third-order valence-corrected chi connectivity index (χ3v) is 6.16. The van der Waals surface area contributed by atoms with Crippen LogP contribution >= 0.6 is 11.6 Å². The van der Waals surface area contributed by atoms with Crippen LogP contribution < -0.4 is 20.7 Å². The van der Waals surface area contributed by atoms with Crippen molar-refractivity contribution in [3.63, 3.8) is 0 Å². The first-order valence-electron chi connectivity index (χ1n) is 11.7. The smallest absolute Gasteiger partial charge is 0.314 e. The minimum Gasteiger partial charge on any atom is -0.496 e. The predicted octanol–water partition coefficient (Wildman–Crippen LogP) is 4.66. The Hall–Kier alpha value is -1.46. The molecule has 1 aromatic carbocycles. The van der Waals surface area contributed by atoms with Crippen molar-refractivity contribution in [2.45, 2.75) is 64.2 Å². The number of rotatable bonds is 15. The highest BCUT2D eigenvalue weighted by Crippen LogP contribution is 2.33. The molecule has 0 bridgehead atoms. The van der Waals surface area contributed by atoms with Crippen molar-refractivity contribution in [3.8, 4) is 5.75 Å². The van der Waals surface area contributed by atoms with E-state index in [1.54, 1.807) is 7.11 Å². The first kappa shape index (κ1) is 24.8. The van der Waals surface area contributed by atoms with Gasteiger partial charge in [0.15, 0.2) is 0 Å². The molecule has 0 fully saturated rings. The van der Waals surface area contributed by atoms with Crippen molar-refractivity contribution in [2.75, 3.05) is 39.2 Å². The summed E-state index contributed by atoms with van der Waals surface area (Å²) in [5.74, 6) is 2.54. The van der Waals surface area contributed by atoms with E-state index in [-0.39, 0.29) is 6.03 Å². The van der Waals surface area contributed by atoms with Gasteiger partial charge < -0.3 is 20.7 Å². The molecule has 2 rings (SSSR count). The van der Waals surface area contributed by atoms with Crippen LogP contribution in [0.4, 0.5) is 4.79 Å². The average molecular weight is 438 g/mol. The zero-order chi connectivity index (χ0) is 21.4. The number of unbranched alkanes of at least 4 members (excludes halogenated alkanes) is 3. The summed E-state index contributed by atoms with van der Waals surface area (Å²) in [6.07, 6.45) is 11.4. The number of ether oxygens (including phenoxy) is 1. The molecule has 0 aromatic heterocycles. The van der Waals surface area contributed by atoms with Gasteiger partial charge in [0.25, 0.3) is 0 Å². The summed E-state index contributed by atoms with van der Waals surface area (Å²) in [6, 6.07) is 6.37. The molecule has 0 saturated heterocycles. The second-order valence-electron chi connectivity index (χ2n) is 8.24. The molecule has 0 saturated carbocycles. The number of nitrogens with one attached hydrogen (secondary N) is 3. The highest BCUT2D eigenvalue weighted by Gasteiger charge is 2.20. The van der Waals surface area contributed by atoms with E-state index < -0.39 is 0 Å². The topological polar surface area (TPSA) is 62.4 Å². The van der Waals surface area contributed by atoms with Crippen LogP contribution in [0.3, 0.4) is 0 Å². The summed E-state index contributed by atoms with van der Waals surface area (Å²) in [7, 11) is 1.77. The van der Waals surface area contributed by atoms with Crippen LogP contribution in [-0.4, -0.2) is 45.2 Å². The molecule has 1 aliphatic carbocycles. The molecule has 1 unspecified atom stereocenters. The molecule has 1 aliphatic rings. The summed E-state index contributed by atoms with van der Waals surface area (Å²) in [5, 5.41) is 9.34. The van der Waals surface area contributed by atoms with E-state index in [2.05, 4.69) is 34.1 Å². The molecule has 0 spiro atoms. The van der Waals surface area contributed by atoms with Crippen LogP contribution in [0.1, 0.15) is 62.5 Å². The van der Waals surface area contributed by atoms with Crippen molar-refractivity contribution in [3.05, 3.63) is 29.3 Å². The second-order valence-corrected chi connectivity index (χ2v) is 8.62. The molecule has 6 heteroatoms. The van der Waals surface area contributed by atoms with Crippen LogP contribution in [0, 0.1) is 5.92 Å². The molecule has 170 valence electrons. The Balaban J connectivity index is 1.43. The van der Waals surface area contributed by atoms with Gasteiger partial charge in [-0.3, -0.25) is 0 Å². The maximum absolute atomic E-state index is 11.7. The molecule has 5 nitrogen and oxygen atoms in total. The van der Waals surface area contributed by atoms with Crippen molar-refractivity contribution in [1.29, 1.82) is 0 Å². The van der Waals surface area contributed by atoms with E-state index in [4.69, 9.17) is 16.3 Å². The number of carbonyl (C=O) groups is 1. The first-order valence-corrected chi connectivity index (χ1v) is 12.2. The normalized spacial score (nSPS) is 15.5. The zero-order valence-corrected chi connectivity index (χ0v) is 19.4. The Morgan fingerprint density at radius 1 is 1.03 bits per heavy atom. The lowest BCUT2D eigenvalue weighted by molar-refractivity contribution is 0.240. The van der Waals surface area contributed by atoms with Gasteiger partial charge in [0.2, 0.25) is 0 Å². The molecule has 1 aromatic rings. The van der Waals surface area contributed by atoms with E-state index in [0.29, 0.717) is 6.54 Å². The van der Waals surface area contributed by atoms with Gasteiger partial charge >= 0.3 is 6.03 Å². The number of aryl methyl sites for hydroxylation is 1. The molecular formula is C24H40ClN3O2. The lowest BCUT2D eigenvalue weighted by Gasteiger charge is -2.26.